The molecule has 1 saturated heterocycles. The van der Waals surface area contributed by atoms with Crippen molar-refractivity contribution in [1.82, 2.24) is 10.2 Å². The summed E-state index contributed by atoms with van der Waals surface area (Å²) in [6.07, 6.45) is -0.908. The molecular formula is C11H10Cl2FN3O2S. The summed E-state index contributed by atoms with van der Waals surface area (Å²) in [5, 5.41) is 1.87. The predicted molar refractivity (Wildman–Crippen MR) is 78.6 cm³/mol. The lowest BCUT2D eigenvalue weighted by atomic mass is 10.2. The van der Waals surface area contributed by atoms with Crippen LogP contribution in [0.5, 0.6) is 5.75 Å². The standard InChI is InChI=1S/C11H10Cl2FN3O2S/c1-19-8-4-2-3-7(5-8)15-9(6-20)16(10(12)13)17(14)11(15)18/h2-6,9-10H,1H3. The number of hydrogen-bond donors (Lipinski definition) is 0. The van der Waals surface area contributed by atoms with E-state index in [0.29, 0.717) is 11.4 Å². The van der Waals surface area contributed by atoms with Gasteiger partial charge in [-0.05, 0) is 12.1 Å². The van der Waals surface area contributed by atoms with Crippen LogP contribution in [0.25, 0.3) is 0 Å². The Kier molecular flexibility index (Phi) is 4.64. The van der Waals surface area contributed by atoms with Crippen molar-refractivity contribution in [3.8, 4) is 5.75 Å². The molecule has 0 spiro atoms. The van der Waals surface area contributed by atoms with Gasteiger partial charge in [0.2, 0.25) is 0 Å². The number of halogens is 3. The molecule has 9 heteroatoms. The number of carbonyl (C=O) groups is 1. The number of carbonyl (C=O) groups excluding carboxylic acids is 1. The van der Waals surface area contributed by atoms with Crippen molar-refractivity contribution < 1.29 is 14.0 Å². The van der Waals surface area contributed by atoms with Gasteiger partial charge in [-0.3, -0.25) is 4.90 Å². The quantitative estimate of drug-likeness (QED) is 0.366. The fraction of sp³-hybridized carbons (Fsp3) is 0.273. The minimum absolute atomic E-state index is 0.155. The lowest BCUT2D eigenvalue weighted by Gasteiger charge is -2.25. The molecule has 1 fully saturated rings. The third kappa shape index (κ3) is 2.54. The van der Waals surface area contributed by atoms with Crippen LogP contribution in [-0.4, -0.2) is 39.9 Å². The van der Waals surface area contributed by atoms with Crippen LogP contribution in [0.1, 0.15) is 0 Å². The van der Waals surface area contributed by atoms with Crippen LogP contribution in [0.2, 0.25) is 0 Å². The van der Waals surface area contributed by atoms with Gasteiger partial charge in [-0.2, -0.15) is 0 Å². The number of rotatable bonds is 4. The molecule has 5 nitrogen and oxygen atoms in total. The van der Waals surface area contributed by atoms with Crippen molar-refractivity contribution in [2.75, 3.05) is 12.0 Å². The van der Waals surface area contributed by atoms with E-state index in [1.54, 1.807) is 24.3 Å². The van der Waals surface area contributed by atoms with E-state index in [1.165, 1.54) is 12.5 Å². The van der Waals surface area contributed by atoms with Gasteiger partial charge in [-0.25, -0.2) is 4.79 Å². The zero-order valence-corrected chi connectivity index (χ0v) is 12.6. The maximum atomic E-state index is 13.9. The number of methoxy groups -OCH3 is 1. The molecule has 0 aliphatic carbocycles. The predicted octanol–water partition coefficient (Wildman–Crippen LogP) is 3.13. The minimum Gasteiger partial charge on any atom is -0.497 e. The highest BCUT2D eigenvalue weighted by atomic mass is 35.5. The topological polar surface area (TPSA) is 36.0 Å². The van der Waals surface area contributed by atoms with Crippen LogP contribution in [-0.2, 0) is 0 Å². The van der Waals surface area contributed by atoms with Gasteiger partial charge in [0.15, 0.2) is 4.96 Å². The molecule has 20 heavy (non-hydrogen) atoms. The summed E-state index contributed by atoms with van der Waals surface area (Å²) in [6, 6.07) is 5.65. The van der Waals surface area contributed by atoms with Crippen molar-refractivity contribution in [1.29, 1.82) is 0 Å². The normalized spacial score (nSPS) is 19.9. The number of ether oxygens (including phenoxy) is 1. The number of alkyl halides is 2. The van der Waals surface area contributed by atoms with Gasteiger partial charge in [0.05, 0.1) is 12.8 Å². The highest BCUT2D eigenvalue weighted by Crippen LogP contribution is 2.33. The molecule has 1 unspecified atom stereocenters. The highest BCUT2D eigenvalue weighted by Gasteiger charge is 2.47. The van der Waals surface area contributed by atoms with Gasteiger partial charge in [0.1, 0.15) is 11.9 Å². The first-order chi connectivity index (χ1) is 9.51. The van der Waals surface area contributed by atoms with E-state index in [1.807, 2.05) is 0 Å². The van der Waals surface area contributed by atoms with Gasteiger partial charge in [0.25, 0.3) is 0 Å². The minimum atomic E-state index is -1.26. The van der Waals surface area contributed by atoms with Gasteiger partial charge < -0.3 is 4.74 Å². The summed E-state index contributed by atoms with van der Waals surface area (Å²) in [5.41, 5.74) is 0.416. The molecule has 108 valence electrons. The van der Waals surface area contributed by atoms with Crippen molar-refractivity contribution in [3.63, 3.8) is 0 Å². The van der Waals surface area contributed by atoms with E-state index in [2.05, 4.69) is 0 Å². The number of hydrazine groups is 1. The monoisotopic (exact) mass is 337 g/mol. The zero-order valence-electron chi connectivity index (χ0n) is 10.2. The average molecular weight is 338 g/mol. The smallest absolute Gasteiger partial charge is 0.370 e. The van der Waals surface area contributed by atoms with Crippen molar-refractivity contribution in [3.05, 3.63) is 24.3 Å². The Morgan fingerprint density at radius 1 is 1.50 bits per heavy atom. The fourth-order valence-electron chi connectivity index (χ4n) is 1.86. The molecule has 0 N–H and O–H groups in total. The maximum absolute atomic E-state index is 13.9. The first-order valence-corrected chi connectivity index (χ1v) is 6.80. The zero-order chi connectivity index (χ0) is 14.9. The summed E-state index contributed by atoms with van der Waals surface area (Å²) < 4.78 is 19.0. The Balaban J connectivity index is 2.43. The number of hydrogen-bond acceptors (Lipinski definition) is 4. The highest BCUT2D eigenvalue weighted by molar-refractivity contribution is 7.79. The van der Waals surface area contributed by atoms with E-state index in [9.17, 15) is 9.28 Å². The van der Waals surface area contributed by atoms with E-state index >= 15 is 0 Å². The maximum Gasteiger partial charge on any atom is 0.370 e. The van der Waals surface area contributed by atoms with Crippen LogP contribution in [0.15, 0.2) is 24.3 Å². The first kappa shape index (κ1) is 15.2. The molecular weight excluding hydrogens is 328 g/mol. The van der Waals surface area contributed by atoms with Gasteiger partial charge >= 0.3 is 6.03 Å². The van der Waals surface area contributed by atoms with E-state index in [0.717, 1.165) is 9.91 Å². The second-order valence-corrected chi connectivity index (χ2v) is 5.14. The SMILES string of the molecule is COc1cccc(N2C(=O)N(F)N(C(Cl)Cl)C2C=S)c1. The van der Waals surface area contributed by atoms with Crippen molar-refractivity contribution >= 4 is 52.5 Å². The lowest BCUT2D eigenvalue weighted by molar-refractivity contribution is -0.0993. The van der Waals surface area contributed by atoms with Crippen molar-refractivity contribution in [2.45, 2.75) is 11.1 Å². The van der Waals surface area contributed by atoms with E-state index in [4.69, 9.17) is 40.2 Å². The molecule has 1 atom stereocenters. The van der Waals surface area contributed by atoms with Crippen LogP contribution in [0, 0.1) is 0 Å². The summed E-state index contributed by atoms with van der Waals surface area (Å²) in [7, 11) is 1.49. The summed E-state index contributed by atoms with van der Waals surface area (Å²) in [5.74, 6) is 0.524. The largest absolute Gasteiger partial charge is 0.497 e. The molecule has 1 heterocycles. The van der Waals surface area contributed by atoms with Gasteiger partial charge in [-0.15, -0.1) is 5.01 Å². The number of anilines is 1. The Hall–Kier alpha value is -1.15. The fourth-order valence-corrected chi connectivity index (χ4v) is 2.49. The molecule has 0 saturated carbocycles. The average Bonchev–Trinajstić information content (AvgIpc) is 2.70. The second-order valence-electron chi connectivity index (χ2n) is 3.82. The number of benzene rings is 1. The third-order valence-electron chi connectivity index (χ3n) is 2.76. The number of thiocarbonyl (C=S) groups is 1. The number of nitrogens with zero attached hydrogens (tertiary/aromatic N) is 3. The third-order valence-corrected chi connectivity index (χ3v) is 3.40. The summed E-state index contributed by atoms with van der Waals surface area (Å²) in [6.45, 7) is 0. The first-order valence-electron chi connectivity index (χ1n) is 5.46. The number of urea groups is 1. The summed E-state index contributed by atoms with van der Waals surface area (Å²) in [4.78, 5) is 11.9. The molecule has 1 aromatic rings. The molecule has 1 aliphatic rings. The Bertz CT molecular complexity index is 534. The number of amides is 2. The Morgan fingerprint density at radius 2 is 2.20 bits per heavy atom. The van der Waals surface area contributed by atoms with Gasteiger partial charge in [0, 0.05) is 11.4 Å². The van der Waals surface area contributed by atoms with Crippen molar-refractivity contribution in [2.24, 2.45) is 0 Å². The lowest BCUT2D eigenvalue weighted by Crippen LogP contribution is -2.43. The van der Waals surface area contributed by atoms with Crippen LogP contribution in [0.4, 0.5) is 15.0 Å². The molecule has 0 bridgehead atoms. The molecule has 1 aromatic carbocycles. The van der Waals surface area contributed by atoms with Crippen LogP contribution < -0.4 is 9.64 Å². The van der Waals surface area contributed by atoms with Crippen LogP contribution in [0.3, 0.4) is 0 Å². The Labute approximate surface area is 130 Å². The second kappa shape index (κ2) is 6.09. The summed E-state index contributed by atoms with van der Waals surface area (Å²) >= 11 is 16.2. The molecule has 1 aliphatic heterocycles. The van der Waals surface area contributed by atoms with E-state index in [-0.39, 0.29) is 5.23 Å². The Morgan fingerprint density at radius 3 is 2.75 bits per heavy atom. The van der Waals surface area contributed by atoms with E-state index < -0.39 is 17.2 Å². The van der Waals surface area contributed by atoms with Crippen LogP contribution >= 0.6 is 35.4 Å². The molecule has 2 amide bonds. The molecule has 0 radical (unpaired) electrons. The van der Waals surface area contributed by atoms with Gasteiger partial charge in [-0.1, -0.05) is 51.2 Å². The molecule has 2 rings (SSSR count). The molecule has 0 aromatic heterocycles.